The Morgan fingerprint density at radius 3 is 2.77 bits per heavy atom. The molecular formula is C11H14ClN. The number of hydrogen-bond acceptors (Lipinski definition) is 1. The molecular weight excluding hydrogens is 182 g/mol. The first-order valence-corrected chi connectivity index (χ1v) is 5.16. The van der Waals surface area contributed by atoms with Crippen molar-refractivity contribution in [3.8, 4) is 0 Å². The van der Waals surface area contributed by atoms with Gasteiger partial charge in [0.15, 0.2) is 0 Å². The third-order valence-electron chi connectivity index (χ3n) is 3.00. The van der Waals surface area contributed by atoms with Crippen LogP contribution < -0.4 is 5.32 Å². The van der Waals surface area contributed by atoms with E-state index in [1.807, 2.05) is 12.1 Å². The summed E-state index contributed by atoms with van der Waals surface area (Å²) >= 11 is 5.96. The van der Waals surface area contributed by atoms with Crippen molar-refractivity contribution in [3.63, 3.8) is 0 Å². The molecule has 70 valence electrons. The smallest absolute Gasteiger partial charge is 0.0444 e. The predicted octanol–water partition coefficient (Wildman–Crippen LogP) is 2.94. The largest absolute Gasteiger partial charge is 0.307 e. The van der Waals surface area contributed by atoms with Crippen molar-refractivity contribution in [3.05, 3.63) is 34.9 Å². The second-order valence-electron chi connectivity index (χ2n) is 3.62. The van der Waals surface area contributed by atoms with Gasteiger partial charge in [-0.3, -0.25) is 0 Å². The monoisotopic (exact) mass is 195 g/mol. The lowest BCUT2D eigenvalue weighted by Crippen LogP contribution is -2.53. The van der Waals surface area contributed by atoms with Gasteiger partial charge < -0.3 is 5.32 Å². The fourth-order valence-corrected chi connectivity index (χ4v) is 2.16. The van der Waals surface area contributed by atoms with E-state index in [4.69, 9.17) is 11.6 Å². The lowest BCUT2D eigenvalue weighted by Gasteiger charge is -2.43. The highest BCUT2D eigenvalue weighted by Crippen LogP contribution is 2.35. The minimum absolute atomic E-state index is 0.213. The Labute approximate surface area is 84.1 Å². The van der Waals surface area contributed by atoms with Crippen LogP contribution in [0.1, 0.15) is 25.3 Å². The molecule has 1 aliphatic rings. The summed E-state index contributed by atoms with van der Waals surface area (Å²) in [5.74, 6) is 0. The summed E-state index contributed by atoms with van der Waals surface area (Å²) < 4.78 is 0. The van der Waals surface area contributed by atoms with E-state index < -0.39 is 0 Å². The molecule has 1 heterocycles. The van der Waals surface area contributed by atoms with Crippen molar-refractivity contribution >= 4 is 11.6 Å². The molecule has 1 unspecified atom stereocenters. The second-order valence-corrected chi connectivity index (χ2v) is 4.06. The van der Waals surface area contributed by atoms with Crippen LogP contribution in [0.5, 0.6) is 0 Å². The van der Waals surface area contributed by atoms with Crippen molar-refractivity contribution in [2.45, 2.75) is 25.3 Å². The van der Waals surface area contributed by atoms with Gasteiger partial charge in [-0.2, -0.15) is 0 Å². The zero-order chi connectivity index (χ0) is 9.31. The van der Waals surface area contributed by atoms with Gasteiger partial charge in [0, 0.05) is 10.6 Å². The second kappa shape index (κ2) is 3.32. The van der Waals surface area contributed by atoms with Crippen LogP contribution in [0.15, 0.2) is 24.3 Å². The van der Waals surface area contributed by atoms with Gasteiger partial charge in [-0.05, 0) is 37.1 Å². The number of rotatable bonds is 2. The number of nitrogens with one attached hydrogen (secondary N) is 1. The molecule has 0 saturated carbocycles. The van der Waals surface area contributed by atoms with Gasteiger partial charge >= 0.3 is 0 Å². The molecule has 0 radical (unpaired) electrons. The van der Waals surface area contributed by atoms with E-state index >= 15 is 0 Å². The highest BCUT2D eigenvalue weighted by Gasteiger charge is 2.36. The Kier molecular flexibility index (Phi) is 2.31. The Morgan fingerprint density at radius 1 is 1.54 bits per heavy atom. The van der Waals surface area contributed by atoms with Gasteiger partial charge in [0.2, 0.25) is 0 Å². The van der Waals surface area contributed by atoms with Crippen LogP contribution in [0.3, 0.4) is 0 Å². The molecule has 1 aromatic rings. The van der Waals surface area contributed by atoms with Gasteiger partial charge in [0.25, 0.3) is 0 Å². The van der Waals surface area contributed by atoms with E-state index in [1.165, 1.54) is 12.0 Å². The molecule has 1 nitrogen and oxygen atoms in total. The standard InChI is InChI=1S/C11H14ClN/c1-2-11(6-7-13-11)9-4-3-5-10(12)8-9/h3-5,8,13H,2,6-7H2,1H3. The van der Waals surface area contributed by atoms with Crippen molar-refractivity contribution in [2.24, 2.45) is 0 Å². The summed E-state index contributed by atoms with van der Waals surface area (Å²) in [7, 11) is 0. The summed E-state index contributed by atoms with van der Waals surface area (Å²) in [6, 6.07) is 8.17. The van der Waals surface area contributed by atoms with Crippen LogP contribution in [0.25, 0.3) is 0 Å². The highest BCUT2D eigenvalue weighted by atomic mass is 35.5. The van der Waals surface area contributed by atoms with Gasteiger partial charge in [-0.25, -0.2) is 0 Å². The number of benzene rings is 1. The molecule has 1 aliphatic heterocycles. The molecule has 1 saturated heterocycles. The molecule has 0 amide bonds. The first-order chi connectivity index (χ1) is 6.27. The summed E-state index contributed by atoms with van der Waals surface area (Å²) in [5, 5.41) is 4.33. The average Bonchev–Trinajstić information content (AvgIpc) is 2.03. The fraction of sp³-hybridized carbons (Fsp3) is 0.455. The summed E-state index contributed by atoms with van der Waals surface area (Å²) in [5.41, 5.74) is 1.54. The molecule has 1 atom stereocenters. The minimum Gasteiger partial charge on any atom is -0.307 e. The van der Waals surface area contributed by atoms with E-state index in [1.54, 1.807) is 0 Å². The third kappa shape index (κ3) is 1.47. The molecule has 2 rings (SSSR count). The quantitative estimate of drug-likeness (QED) is 0.765. The predicted molar refractivity (Wildman–Crippen MR) is 56.0 cm³/mol. The van der Waals surface area contributed by atoms with Crippen LogP contribution in [0, 0.1) is 0 Å². The van der Waals surface area contributed by atoms with E-state index in [2.05, 4.69) is 24.4 Å². The van der Waals surface area contributed by atoms with Crippen LogP contribution in [-0.2, 0) is 5.54 Å². The van der Waals surface area contributed by atoms with Gasteiger partial charge in [-0.1, -0.05) is 30.7 Å². The first-order valence-electron chi connectivity index (χ1n) is 4.78. The lowest BCUT2D eigenvalue weighted by molar-refractivity contribution is 0.201. The highest BCUT2D eigenvalue weighted by molar-refractivity contribution is 6.30. The molecule has 0 spiro atoms. The molecule has 1 aromatic carbocycles. The van der Waals surface area contributed by atoms with Crippen LogP contribution in [-0.4, -0.2) is 6.54 Å². The van der Waals surface area contributed by atoms with E-state index in [-0.39, 0.29) is 5.54 Å². The maximum Gasteiger partial charge on any atom is 0.0444 e. The normalized spacial score (nSPS) is 26.9. The third-order valence-corrected chi connectivity index (χ3v) is 3.23. The average molecular weight is 196 g/mol. The van der Waals surface area contributed by atoms with Crippen LogP contribution in [0.4, 0.5) is 0 Å². The molecule has 0 aromatic heterocycles. The van der Waals surface area contributed by atoms with Crippen molar-refractivity contribution < 1.29 is 0 Å². The SMILES string of the molecule is CCC1(c2cccc(Cl)c2)CCN1. The zero-order valence-corrected chi connectivity index (χ0v) is 8.56. The molecule has 0 aliphatic carbocycles. The number of halogens is 1. The number of hydrogen-bond donors (Lipinski definition) is 1. The van der Waals surface area contributed by atoms with Crippen LogP contribution in [0.2, 0.25) is 5.02 Å². The Morgan fingerprint density at radius 2 is 2.31 bits per heavy atom. The summed E-state index contributed by atoms with van der Waals surface area (Å²) in [6.45, 7) is 3.34. The maximum atomic E-state index is 5.96. The minimum atomic E-state index is 0.213. The zero-order valence-electron chi connectivity index (χ0n) is 7.81. The van der Waals surface area contributed by atoms with Crippen molar-refractivity contribution in [1.82, 2.24) is 5.32 Å². The summed E-state index contributed by atoms with van der Waals surface area (Å²) in [6.07, 6.45) is 2.36. The molecule has 1 N–H and O–H groups in total. The molecule has 0 bridgehead atoms. The fourth-order valence-electron chi connectivity index (χ4n) is 1.97. The van der Waals surface area contributed by atoms with Crippen molar-refractivity contribution in [1.29, 1.82) is 0 Å². The Hall–Kier alpha value is -0.530. The van der Waals surface area contributed by atoms with Gasteiger partial charge in [-0.15, -0.1) is 0 Å². The maximum absolute atomic E-state index is 5.96. The molecule has 1 fully saturated rings. The van der Waals surface area contributed by atoms with Gasteiger partial charge in [0.05, 0.1) is 0 Å². The molecule has 2 heteroatoms. The lowest BCUT2D eigenvalue weighted by atomic mass is 9.79. The van der Waals surface area contributed by atoms with E-state index in [0.717, 1.165) is 18.0 Å². The molecule has 13 heavy (non-hydrogen) atoms. The van der Waals surface area contributed by atoms with Crippen LogP contribution >= 0.6 is 11.6 Å². The Balaban J connectivity index is 2.33. The topological polar surface area (TPSA) is 12.0 Å². The van der Waals surface area contributed by atoms with E-state index in [0.29, 0.717) is 0 Å². The van der Waals surface area contributed by atoms with E-state index in [9.17, 15) is 0 Å². The van der Waals surface area contributed by atoms with Gasteiger partial charge in [0.1, 0.15) is 0 Å². The summed E-state index contributed by atoms with van der Waals surface area (Å²) in [4.78, 5) is 0. The first kappa shape index (κ1) is 9.04. The Bertz CT molecular complexity index is 299. The van der Waals surface area contributed by atoms with Crippen molar-refractivity contribution in [2.75, 3.05) is 6.54 Å².